The van der Waals surface area contributed by atoms with Crippen molar-refractivity contribution >= 4 is 28.6 Å². The Labute approximate surface area is 113 Å². The summed E-state index contributed by atoms with van der Waals surface area (Å²) in [6, 6.07) is -0.677. The molecule has 94 valence electrons. The SMILES string of the molecule is CC(C(=O)OC(C)(C)C)n1cncc(I)c1=O. The lowest BCUT2D eigenvalue weighted by molar-refractivity contribution is -0.158. The summed E-state index contributed by atoms with van der Waals surface area (Å²) in [4.78, 5) is 27.5. The minimum atomic E-state index is -0.677. The van der Waals surface area contributed by atoms with E-state index < -0.39 is 17.6 Å². The fourth-order valence-electron chi connectivity index (χ4n) is 1.18. The van der Waals surface area contributed by atoms with Gasteiger partial charge < -0.3 is 4.74 Å². The molecule has 0 aromatic carbocycles. The molecule has 0 N–H and O–H groups in total. The summed E-state index contributed by atoms with van der Waals surface area (Å²) in [6.45, 7) is 6.97. The Morgan fingerprint density at radius 2 is 2.12 bits per heavy atom. The molecule has 0 saturated carbocycles. The van der Waals surface area contributed by atoms with Crippen molar-refractivity contribution in [3.8, 4) is 0 Å². The van der Waals surface area contributed by atoms with E-state index in [-0.39, 0.29) is 5.56 Å². The van der Waals surface area contributed by atoms with Crippen molar-refractivity contribution in [3.63, 3.8) is 0 Å². The number of nitrogens with zero attached hydrogens (tertiary/aromatic N) is 2. The van der Waals surface area contributed by atoms with Crippen LogP contribution < -0.4 is 5.56 Å². The van der Waals surface area contributed by atoms with Crippen molar-refractivity contribution in [1.29, 1.82) is 0 Å². The van der Waals surface area contributed by atoms with E-state index in [0.717, 1.165) is 0 Å². The third kappa shape index (κ3) is 3.79. The number of carbonyl (C=O) groups is 1. The molecule has 0 radical (unpaired) electrons. The molecule has 17 heavy (non-hydrogen) atoms. The minimum Gasteiger partial charge on any atom is -0.458 e. The fourth-order valence-corrected chi connectivity index (χ4v) is 1.62. The number of hydrogen-bond acceptors (Lipinski definition) is 4. The summed E-state index contributed by atoms with van der Waals surface area (Å²) in [6.07, 6.45) is 2.81. The van der Waals surface area contributed by atoms with E-state index >= 15 is 0 Å². The van der Waals surface area contributed by atoms with Gasteiger partial charge in [0.15, 0.2) is 0 Å². The maximum Gasteiger partial charge on any atom is 0.329 e. The van der Waals surface area contributed by atoms with Crippen molar-refractivity contribution in [2.24, 2.45) is 0 Å². The quantitative estimate of drug-likeness (QED) is 0.602. The van der Waals surface area contributed by atoms with Crippen molar-refractivity contribution in [2.75, 3.05) is 0 Å². The standard InChI is InChI=1S/C11H15IN2O3/c1-7(10(16)17-11(2,3)4)14-6-13-5-8(12)9(14)15/h5-7H,1-4H3. The average molecular weight is 350 g/mol. The first-order valence-electron chi connectivity index (χ1n) is 5.17. The van der Waals surface area contributed by atoms with E-state index in [0.29, 0.717) is 3.57 Å². The Balaban J connectivity index is 2.97. The largest absolute Gasteiger partial charge is 0.458 e. The van der Waals surface area contributed by atoms with Crippen molar-refractivity contribution in [3.05, 3.63) is 26.4 Å². The van der Waals surface area contributed by atoms with Gasteiger partial charge in [-0.15, -0.1) is 0 Å². The van der Waals surface area contributed by atoms with Crippen LogP contribution in [0.5, 0.6) is 0 Å². The number of halogens is 1. The van der Waals surface area contributed by atoms with Gasteiger partial charge in [0, 0.05) is 6.20 Å². The average Bonchev–Trinajstić information content (AvgIpc) is 2.18. The Hall–Kier alpha value is -0.920. The van der Waals surface area contributed by atoms with Gasteiger partial charge in [-0.3, -0.25) is 9.36 Å². The lowest BCUT2D eigenvalue weighted by Gasteiger charge is -2.22. The number of esters is 1. The minimum absolute atomic E-state index is 0.237. The van der Waals surface area contributed by atoms with Crippen molar-refractivity contribution < 1.29 is 9.53 Å². The van der Waals surface area contributed by atoms with E-state index in [1.54, 1.807) is 27.7 Å². The second-order valence-electron chi connectivity index (χ2n) is 4.66. The molecule has 1 aromatic rings. The van der Waals surface area contributed by atoms with Gasteiger partial charge in [0.25, 0.3) is 5.56 Å². The predicted octanol–water partition coefficient (Wildman–Crippen LogP) is 1.75. The molecule has 1 aromatic heterocycles. The van der Waals surface area contributed by atoms with Crippen LogP contribution in [-0.2, 0) is 9.53 Å². The predicted molar refractivity (Wildman–Crippen MR) is 71.8 cm³/mol. The highest BCUT2D eigenvalue weighted by Gasteiger charge is 2.23. The zero-order valence-electron chi connectivity index (χ0n) is 10.2. The summed E-state index contributed by atoms with van der Waals surface area (Å²) < 4.78 is 6.97. The van der Waals surface area contributed by atoms with Crippen molar-refractivity contribution in [2.45, 2.75) is 39.3 Å². The summed E-state index contributed by atoms with van der Waals surface area (Å²) >= 11 is 1.89. The van der Waals surface area contributed by atoms with Crippen LogP contribution in [-0.4, -0.2) is 21.1 Å². The Bertz CT molecular complexity index is 476. The van der Waals surface area contributed by atoms with Gasteiger partial charge >= 0.3 is 5.97 Å². The molecule has 1 atom stereocenters. The lowest BCUT2D eigenvalue weighted by Crippen LogP contribution is -2.34. The molecule has 1 rings (SSSR count). The van der Waals surface area contributed by atoms with E-state index in [1.807, 2.05) is 22.6 Å². The molecule has 0 bridgehead atoms. The second-order valence-corrected chi connectivity index (χ2v) is 5.83. The molecule has 0 saturated heterocycles. The fraction of sp³-hybridized carbons (Fsp3) is 0.545. The van der Waals surface area contributed by atoms with Gasteiger partial charge in [-0.2, -0.15) is 0 Å². The van der Waals surface area contributed by atoms with Gasteiger partial charge in [0.2, 0.25) is 0 Å². The number of hydrogen-bond donors (Lipinski definition) is 0. The van der Waals surface area contributed by atoms with Gasteiger partial charge in [-0.05, 0) is 50.3 Å². The first kappa shape index (κ1) is 14.1. The van der Waals surface area contributed by atoms with Gasteiger partial charge in [-0.25, -0.2) is 9.78 Å². The molecule has 0 aliphatic rings. The summed E-state index contributed by atoms with van der Waals surface area (Å²) in [7, 11) is 0. The summed E-state index contributed by atoms with van der Waals surface area (Å²) in [5.74, 6) is -0.441. The monoisotopic (exact) mass is 350 g/mol. The van der Waals surface area contributed by atoms with Crippen molar-refractivity contribution in [1.82, 2.24) is 9.55 Å². The molecule has 6 heteroatoms. The van der Waals surface area contributed by atoms with Crippen LogP contribution in [0.15, 0.2) is 17.3 Å². The van der Waals surface area contributed by atoms with Crippen LogP contribution in [0.4, 0.5) is 0 Å². The molecule has 1 heterocycles. The third-order valence-corrected chi connectivity index (χ3v) is 2.72. The molecule has 0 aliphatic carbocycles. The highest BCUT2D eigenvalue weighted by molar-refractivity contribution is 14.1. The zero-order valence-corrected chi connectivity index (χ0v) is 12.4. The molecule has 1 unspecified atom stereocenters. The lowest BCUT2D eigenvalue weighted by atomic mass is 10.2. The Kier molecular flexibility index (Phi) is 4.29. The number of carbonyl (C=O) groups excluding carboxylic acids is 1. The van der Waals surface area contributed by atoms with Crippen LogP contribution in [0.2, 0.25) is 0 Å². The van der Waals surface area contributed by atoms with Gasteiger partial charge in [0.1, 0.15) is 11.6 Å². The van der Waals surface area contributed by atoms with Crippen LogP contribution in [0, 0.1) is 3.57 Å². The van der Waals surface area contributed by atoms with E-state index in [4.69, 9.17) is 4.74 Å². The van der Waals surface area contributed by atoms with Crippen LogP contribution >= 0.6 is 22.6 Å². The second kappa shape index (κ2) is 5.16. The summed E-state index contributed by atoms with van der Waals surface area (Å²) in [5.41, 5.74) is -0.802. The van der Waals surface area contributed by atoms with Gasteiger partial charge in [-0.1, -0.05) is 0 Å². The molecular formula is C11H15IN2O3. The van der Waals surface area contributed by atoms with Gasteiger partial charge in [0.05, 0.1) is 9.90 Å². The maximum absolute atomic E-state index is 11.8. The molecule has 0 aliphatic heterocycles. The topological polar surface area (TPSA) is 61.2 Å². The smallest absolute Gasteiger partial charge is 0.329 e. The summed E-state index contributed by atoms with van der Waals surface area (Å²) in [5, 5.41) is 0. The number of rotatable bonds is 2. The molecule has 5 nitrogen and oxygen atoms in total. The molecule has 0 amide bonds. The maximum atomic E-state index is 11.8. The molecule has 0 fully saturated rings. The normalized spacial score (nSPS) is 13.2. The third-order valence-electron chi connectivity index (χ3n) is 1.98. The first-order valence-corrected chi connectivity index (χ1v) is 6.25. The Morgan fingerprint density at radius 3 is 2.65 bits per heavy atom. The van der Waals surface area contributed by atoms with Crippen LogP contribution in [0.25, 0.3) is 0 Å². The molecular weight excluding hydrogens is 335 g/mol. The first-order chi connectivity index (χ1) is 7.72. The zero-order chi connectivity index (χ0) is 13.2. The highest BCUT2D eigenvalue weighted by Crippen LogP contribution is 2.13. The van der Waals surface area contributed by atoms with Crippen LogP contribution in [0.1, 0.15) is 33.7 Å². The number of ether oxygens (including phenoxy) is 1. The molecule has 0 spiro atoms. The van der Waals surface area contributed by atoms with E-state index in [9.17, 15) is 9.59 Å². The Morgan fingerprint density at radius 1 is 1.53 bits per heavy atom. The van der Waals surface area contributed by atoms with Crippen LogP contribution in [0.3, 0.4) is 0 Å². The highest BCUT2D eigenvalue weighted by atomic mass is 127. The van der Waals surface area contributed by atoms with E-state index in [1.165, 1.54) is 17.1 Å². The number of aromatic nitrogens is 2. The van der Waals surface area contributed by atoms with E-state index in [2.05, 4.69) is 4.98 Å².